The van der Waals surface area contributed by atoms with E-state index in [2.05, 4.69) is 10.3 Å². The minimum absolute atomic E-state index is 0.0217. The van der Waals surface area contributed by atoms with Gasteiger partial charge in [-0.15, -0.1) is 0 Å². The Bertz CT molecular complexity index is 1440. The first-order chi connectivity index (χ1) is 16.5. The van der Waals surface area contributed by atoms with Crippen LogP contribution in [0.4, 0.5) is 24.8 Å². The molecule has 1 aliphatic heterocycles. The lowest BCUT2D eigenvalue weighted by Gasteiger charge is -2.29. The van der Waals surface area contributed by atoms with E-state index in [0.29, 0.717) is 32.3 Å². The fraction of sp³-hybridized carbons (Fsp3) is 0.391. The number of sulfone groups is 1. The minimum Gasteiger partial charge on any atom is -0.378 e. The number of hydrogen-bond acceptors (Lipinski definition) is 7. The number of alkyl halides is 2. The molecule has 1 fully saturated rings. The molecule has 2 aromatic carbocycles. The molecule has 0 bridgehead atoms. The molecule has 8 nitrogen and oxygen atoms in total. The van der Waals surface area contributed by atoms with Gasteiger partial charge in [0.15, 0.2) is 9.84 Å². The van der Waals surface area contributed by atoms with E-state index in [1.54, 1.807) is 6.92 Å². The number of nitrogens with one attached hydrogen (secondary N) is 1. The average Bonchev–Trinajstić information content (AvgIpc) is 2.81. The standard InChI is InChI=1S/C23H25F3N4O4S/c1-13(27-18-5-4-15(24)12-19(18)35(3,32)33)16-10-14(21(25)26)11-17-20(16)28-23(29(2)22(17)31)30-6-8-34-9-7-30/h4-5,10-13,21,27H,6-9H2,1-3H3. The Morgan fingerprint density at radius 1 is 1.14 bits per heavy atom. The number of halogens is 3. The molecule has 2 heterocycles. The summed E-state index contributed by atoms with van der Waals surface area (Å²) in [5, 5.41) is 3.00. The Morgan fingerprint density at radius 3 is 2.46 bits per heavy atom. The third-order valence-electron chi connectivity index (χ3n) is 5.94. The molecule has 1 saturated heterocycles. The maximum atomic E-state index is 13.8. The van der Waals surface area contributed by atoms with Crippen LogP contribution in [0, 0.1) is 5.82 Å². The molecular formula is C23H25F3N4O4S. The molecular weight excluding hydrogens is 485 g/mol. The summed E-state index contributed by atoms with van der Waals surface area (Å²) in [6.45, 7) is 3.57. The van der Waals surface area contributed by atoms with Crippen LogP contribution < -0.4 is 15.8 Å². The number of anilines is 2. The summed E-state index contributed by atoms with van der Waals surface area (Å²) in [6, 6.07) is 4.90. The van der Waals surface area contributed by atoms with Crippen molar-refractivity contribution in [2.75, 3.05) is 42.8 Å². The monoisotopic (exact) mass is 510 g/mol. The molecule has 1 atom stereocenters. The van der Waals surface area contributed by atoms with Crippen molar-refractivity contribution in [2.24, 2.45) is 7.05 Å². The van der Waals surface area contributed by atoms with Gasteiger partial charge < -0.3 is 15.0 Å². The quantitative estimate of drug-likeness (QED) is 0.543. The Kier molecular flexibility index (Phi) is 6.78. The normalized spacial score (nSPS) is 15.6. The number of ether oxygens (including phenoxy) is 1. The van der Waals surface area contributed by atoms with Gasteiger partial charge in [0.2, 0.25) is 5.95 Å². The van der Waals surface area contributed by atoms with Crippen LogP contribution in [0.15, 0.2) is 40.0 Å². The van der Waals surface area contributed by atoms with Crippen molar-refractivity contribution >= 4 is 32.4 Å². The molecule has 3 aromatic rings. The van der Waals surface area contributed by atoms with Gasteiger partial charge in [-0.05, 0) is 37.3 Å². The first-order valence-corrected chi connectivity index (χ1v) is 12.8. The molecule has 0 amide bonds. The minimum atomic E-state index is -3.79. The number of hydrogen-bond donors (Lipinski definition) is 1. The van der Waals surface area contributed by atoms with Gasteiger partial charge in [0.25, 0.3) is 12.0 Å². The first kappa shape index (κ1) is 25.0. The molecule has 4 rings (SSSR count). The highest BCUT2D eigenvalue weighted by Crippen LogP contribution is 2.33. The largest absolute Gasteiger partial charge is 0.378 e. The molecule has 0 radical (unpaired) electrons. The molecule has 1 aliphatic rings. The Hall–Kier alpha value is -3.12. The van der Waals surface area contributed by atoms with Crippen LogP contribution in [0.1, 0.15) is 30.5 Å². The fourth-order valence-corrected chi connectivity index (χ4v) is 5.00. The molecule has 188 valence electrons. The van der Waals surface area contributed by atoms with E-state index in [-0.39, 0.29) is 32.6 Å². The van der Waals surface area contributed by atoms with Crippen molar-refractivity contribution in [1.29, 1.82) is 0 Å². The highest BCUT2D eigenvalue weighted by molar-refractivity contribution is 7.90. The number of morpholine rings is 1. The average molecular weight is 511 g/mol. The first-order valence-electron chi connectivity index (χ1n) is 10.9. The van der Waals surface area contributed by atoms with Crippen LogP contribution >= 0.6 is 0 Å². The summed E-state index contributed by atoms with van der Waals surface area (Å²) in [5.41, 5.74) is -0.224. The van der Waals surface area contributed by atoms with Gasteiger partial charge >= 0.3 is 0 Å². The van der Waals surface area contributed by atoms with Crippen LogP contribution in [-0.2, 0) is 21.6 Å². The molecule has 1 unspecified atom stereocenters. The highest BCUT2D eigenvalue weighted by atomic mass is 32.2. The van der Waals surface area contributed by atoms with Gasteiger partial charge in [0.05, 0.1) is 40.7 Å². The lowest BCUT2D eigenvalue weighted by atomic mass is 10.0. The maximum Gasteiger partial charge on any atom is 0.263 e. The molecule has 0 saturated carbocycles. The number of nitrogens with zero attached hydrogens (tertiary/aromatic N) is 3. The predicted molar refractivity (Wildman–Crippen MR) is 127 cm³/mol. The second kappa shape index (κ2) is 9.50. The Labute approximate surface area is 200 Å². The second-order valence-corrected chi connectivity index (χ2v) is 10.4. The van der Waals surface area contributed by atoms with Crippen molar-refractivity contribution in [2.45, 2.75) is 24.3 Å². The molecule has 12 heteroatoms. The third-order valence-corrected chi connectivity index (χ3v) is 7.07. The van der Waals surface area contributed by atoms with Gasteiger partial charge in [-0.1, -0.05) is 0 Å². The Balaban J connectivity index is 1.89. The van der Waals surface area contributed by atoms with Crippen LogP contribution in [0.3, 0.4) is 0 Å². The third kappa shape index (κ3) is 4.98. The zero-order valence-electron chi connectivity index (χ0n) is 19.4. The second-order valence-electron chi connectivity index (χ2n) is 8.46. The van der Waals surface area contributed by atoms with Crippen molar-refractivity contribution in [1.82, 2.24) is 9.55 Å². The summed E-state index contributed by atoms with van der Waals surface area (Å²) in [7, 11) is -2.26. The zero-order valence-corrected chi connectivity index (χ0v) is 20.2. The van der Waals surface area contributed by atoms with E-state index < -0.39 is 33.7 Å². The van der Waals surface area contributed by atoms with Gasteiger partial charge in [-0.3, -0.25) is 9.36 Å². The fourth-order valence-electron chi connectivity index (χ4n) is 4.15. The summed E-state index contributed by atoms with van der Waals surface area (Å²) >= 11 is 0. The SMILES string of the molecule is CC(Nc1ccc(F)cc1S(C)(=O)=O)c1cc(C(F)F)cc2c(=O)n(C)c(N3CCOCC3)nc12. The number of benzene rings is 2. The lowest BCUT2D eigenvalue weighted by Crippen LogP contribution is -2.40. The predicted octanol–water partition coefficient (Wildman–Crippen LogP) is 3.42. The molecule has 1 N–H and O–H groups in total. The van der Waals surface area contributed by atoms with Crippen LogP contribution in [-0.4, -0.2) is 50.5 Å². The van der Waals surface area contributed by atoms with Gasteiger partial charge in [-0.25, -0.2) is 26.6 Å². The topological polar surface area (TPSA) is 93.5 Å². The summed E-state index contributed by atoms with van der Waals surface area (Å²) < 4.78 is 72.3. The zero-order chi connectivity index (χ0) is 25.5. The van der Waals surface area contributed by atoms with E-state index in [1.165, 1.54) is 23.7 Å². The number of aromatic nitrogens is 2. The number of rotatable bonds is 6. The van der Waals surface area contributed by atoms with Crippen LogP contribution in [0.25, 0.3) is 10.9 Å². The van der Waals surface area contributed by atoms with Crippen molar-refractivity contribution < 1.29 is 26.3 Å². The summed E-state index contributed by atoms with van der Waals surface area (Å²) in [5.74, 6) is -0.350. The van der Waals surface area contributed by atoms with E-state index in [4.69, 9.17) is 4.74 Å². The van der Waals surface area contributed by atoms with Gasteiger partial charge in [0.1, 0.15) is 5.82 Å². The number of fused-ring (bicyclic) bond motifs is 1. The van der Waals surface area contributed by atoms with Crippen LogP contribution in [0.2, 0.25) is 0 Å². The maximum absolute atomic E-state index is 13.8. The van der Waals surface area contributed by atoms with E-state index in [1.807, 2.05) is 4.90 Å². The van der Waals surface area contributed by atoms with E-state index >= 15 is 0 Å². The molecule has 1 aromatic heterocycles. The van der Waals surface area contributed by atoms with Crippen molar-refractivity contribution in [3.63, 3.8) is 0 Å². The molecule has 0 spiro atoms. The summed E-state index contributed by atoms with van der Waals surface area (Å²) in [4.78, 5) is 19.5. The van der Waals surface area contributed by atoms with Gasteiger partial charge in [0, 0.05) is 37.5 Å². The van der Waals surface area contributed by atoms with Crippen molar-refractivity contribution in [3.8, 4) is 0 Å². The Morgan fingerprint density at radius 2 is 1.83 bits per heavy atom. The smallest absolute Gasteiger partial charge is 0.263 e. The summed E-state index contributed by atoms with van der Waals surface area (Å²) in [6.07, 6.45) is -1.89. The van der Waals surface area contributed by atoms with E-state index in [0.717, 1.165) is 24.5 Å². The molecule has 35 heavy (non-hydrogen) atoms. The molecule has 0 aliphatic carbocycles. The van der Waals surface area contributed by atoms with Gasteiger partial charge in [-0.2, -0.15) is 0 Å². The lowest BCUT2D eigenvalue weighted by molar-refractivity contribution is 0.121. The van der Waals surface area contributed by atoms with Crippen molar-refractivity contribution in [3.05, 3.63) is 57.6 Å². The van der Waals surface area contributed by atoms with E-state index in [9.17, 15) is 26.4 Å². The van der Waals surface area contributed by atoms with Crippen LogP contribution in [0.5, 0.6) is 0 Å². The highest BCUT2D eigenvalue weighted by Gasteiger charge is 2.24.